The van der Waals surface area contributed by atoms with Crippen LogP contribution in [0.4, 0.5) is 0 Å². The van der Waals surface area contributed by atoms with E-state index in [2.05, 4.69) is 0 Å². The van der Waals surface area contributed by atoms with E-state index >= 15 is 0 Å². The third-order valence-corrected chi connectivity index (χ3v) is 4.39. The van der Waals surface area contributed by atoms with Gasteiger partial charge in [-0.3, -0.25) is 4.79 Å². The summed E-state index contributed by atoms with van der Waals surface area (Å²) < 4.78 is 16.7. The third-order valence-electron chi connectivity index (χ3n) is 4.39. The lowest BCUT2D eigenvalue weighted by atomic mass is 10.0. The Morgan fingerprint density at radius 2 is 1.39 bits per heavy atom. The highest BCUT2D eigenvalue weighted by atomic mass is 16.6. The van der Waals surface area contributed by atoms with Gasteiger partial charge in [0, 0.05) is 11.1 Å². The molecule has 0 bridgehead atoms. The van der Waals surface area contributed by atoms with Crippen LogP contribution >= 0.6 is 0 Å². The minimum absolute atomic E-state index is 0.0812. The fourth-order valence-electron chi connectivity index (χ4n) is 2.91. The fraction of sp³-hybridized carbons (Fsp3) is 0.130. The molecule has 3 aromatic carbocycles. The summed E-state index contributed by atoms with van der Waals surface area (Å²) in [4.78, 5) is 24.7. The number of fused-ring (bicyclic) bond motifs is 1. The van der Waals surface area contributed by atoms with Crippen LogP contribution in [0.2, 0.25) is 0 Å². The minimum atomic E-state index is -0.471. The first-order valence-corrected chi connectivity index (χ1v) is 8.96. The van der Waals surface area contributed by atoms with Gasteiger partial charge in [-0.05, 0) is 24.3 Å². The first-order chi connectivity index (χ1) is 13.7. The van der Waals surface area contributed by atoms with Gasteiger partial charge in [-0.15, -0.1) is 0 Å². The van der Waals surface area contributed by atoms with Crippen molar-refractivity contribution < 1.29 is 23.8 Å². The average Bonchev–Trinajstić information content (AvgIpc) is 2.77. The maximum Gasteiger partial charge on any atom is 0.338 e. The molecule has 1 atom stereocenters. The van der Waals surface area contributed by atoms with Gasteiger partial charge in [0.2, 0.25) is 0 Å². The molecule has 0 amide bonds. The van der Waals surface area contributed by atoms with Crippen molar-refractivity contribution in [2.45, 2.75) is 6.10 Å². The maximum atomic E-state index is 12.4. The van der Waals surface area contributed by atoms with Crippen molar-refractivity contribution in [3.63, 3.8) is 0 Å². The summed E-state index contributed by atoms with van der Waals surface area (Å²) in [6.45, 7) is 0.396. The summed E-state index contributed by atoms with van der Waals surface area (Å²) in [7, 11) is 0. The van der Waals surface area contributed by atoms with E-state index in [1.165, 1.54) is 0 Å². The zero-order valence-electron chi connectivity index (χ0n) is 15.0. The van der Waals surface area contributed by atoms with E-state index in [9.17, 15) is 9.59 Å². The van der Waals surface area contributed by atoms with E-state index in [0.717, 1.165) is 0 Å². The van der Waals surface area contributed by atoms with Gasteiger partial charge in [0.15, 0.2) is 23.4 Å². The van der Waals surface area contributed by atoms with E-state index in [1.807, 2.05) is 42.5 Å². The van der Waals surface area contributed by atoms with Crippen LogP contribution in [0.1, 0.15) is 26.3 Å². The summed E-state index contributed by atoms with van der Waals surface area (Å²) >= 11 is 0. The standard InChI is InChI=1S/C23H18O5/c24-22(16-6-2-1-3-7-16)17-10-12-18(13-11-17)23(25)27-15-19-14-26-20-8-4-5-9-21(20)28-19/h1-13,19H,14-15H2. The number of para-hydroxylation sites is 2. The van der Waals surface area contributed by atoms with Crippen molar-refractivity contribution in [2.24, 2.45) is 0 Å². The monoisotopic (exact) mass is 374 g/mol. The Labute approximate surface area is 162 Å². The Kier molecular flexibility index (Phi) is 5.06. The Bertz CT molecular complexity index is 979. The van der Waals surface area contributed by atoms with Crippen molar-refractivity contribution in [2.75, 3.05) is 13.2 Å². The first-order valence-electron chi connectivity index (χ1n) is 8.96. The quantitative estimate of drug-likeness (QED) is 0.500. The summed E-state index contributed by atoms with van der Waals surface area (Å²) in [5.74, 6) is 0.760. The normalized spacial score (nSPS) is 14.9. The van der Waals surface area contributed by atoms with Crippen LogP contribution in [0.3, 0.4) is 0 Å². The molecule has 1 heterocycles. The topological polar surface area (TPSA) is 61.8 Å². The second kappa shape index (κ2) is 7.96. The van der Waals surface area contributed by atoms with E-state index in [4.69, 9.17) is 14.2 Å². The van der Waals surface area contributed by atoms with Crippen LogP contribution in [0.25, 0.3) is 0 Å². The molecule has 0 radical (unpaired) electrons. The summed E-state index contributed by atoms with van der Waals surface area (Å²) in [5, 5.41) is 0. The molecular weight excluding hydrogens is 356 g/mol. The Morgan fingerprint density at radius 1 is 0.786 bits per heavy atom. The number of rotatable bonds is 5. The van der Waals surface area contributed by atoms with Crippen LogP contribution in [-0.2, 0) is 4.74 Å². The number of carbonyl (C=O) groups excluding carboxylic acids is 2. The van der Waals surface area contributed by atoms with Gasteiger partial charge in [0.25, 0.3) is 0 Å². The molecule has 0 saturated carbocycles. The molecular formula is C23H18O5. The number of hydrogen-bond donors (Lipinski definition) is 0. The molecule has 0 aliphatic carbocycles. The molecule has 1 unspecified atom stereocenters. The first kappa shape index (κ1) is 17.8. The smallest absolute Gasteiger partial charge is 0.338 e. The molecule has 5 heteroatoms. The largest absolute Gasteiger partial charge is 0.486 e. The highest BCUT2D eigenvalue weighted by Gasteiger charge is 2.22. The van der Waals surface area contributed by atoms with Gasteiger partial charge in [-0.25, -0.2) is 4.79 Å². The molecule has 1 aliphatic rings. The van der Waals surface area contributed by atoms with Crippen LogP contribution in [0.5, 0.6) is 11.5 Å². The lowest BCUT2D eigenvalue weighted by Gasteiger charge is -2.26. The van der Waals surface area contributed by atoms with Gasteiger partial charge < -0.3 is 14.2 Å². The highest BCUT2D eigenvalue weighted by molar-refractivity contribution is 6.09. The third kappa shape index (κ3) is 3.88. The number of hydrogen-bond acceptors (Lipinski definition) is 5. The number of carbonyl (C=O) groups is 2. The molecule has 4 rings (SSSR count). The van der Waals surface area contributed by atoms with Gasteiger partial charge in [-0.1, -0.05) is 54.6 Å². The van der Waals surface area contributed by atoms with Crippen LogP contribution < -0.4 is 9.47 Å². The number of ether oxygens (including phenoxy) is 3. The van der Waals surface area contributed by atoms with Crippen molar-refractivity contribution in [3.8, 4) is 11.5 Å². The van der Waals surface area contributed by atoms with Gasteiger partial charge in [-0.2, -0.15) is 0 Å². The van der Waals surface area contributed by atoms with Crippen molar-refractivity contribution in [1.29, 1.82) is 0 Å². The van der Waals surface area contributed by atoms with Gasteiger partial charge in [0.05, 0.1) is 5.56 Å². The second-order valence-corrected chi connectivity index (χ2v) is 6.37. The highest BCUT2D eigenvalue weighted by Crippen LogP contribution is 2.30. The predicted molar refractivity (Wildman–Crippen MR) is 103 cm³/mol. The molecule has 28 heavy (non-hydrogen) atoms. The van der Waals surface area contributed by atoms with Gasteiger partial charge in [0.1, 0.15) is 13.2 Å². The maximum absolute atomic E-state index is 12.4. The zero-order valence-corrected chi connectivity index (χ0v) is 15.0. The molecule has 0 saturated heterocycles. The molecule has 5 nitrogen and oxygen atoms in total. The number of ketones is 1. The van der Waals surface area contributed by atoms with Gasteiger partial charge >= 0.3 is 5.97 Å². The van der Waals surface area contributed by atoms with Crippen molar-refractivity contribution >= 4 is 11.8 Å². The van der Waals surface area contributed by atoms with Crippen LogP contribution in [0, 0.1) is 0 Å². The van der Waals surface area contributed by atoms with Crippen molar-refractivity contribution in [3.05, 3.63) is 95.6 Å². The molecule has 0 N–H and O–H groups in total. The summed E-state index contributed by atoms with van der Waals surface area (Å²) in [5.41, 5.74) is 1.50. The lowest BCUT2D eigenvalue weighted by molar-refractivity contribution is 0.0109. The Morgan fingerprint density at radius 3 is 2.14 bits per heavy atom. The molecule has 1 aliphatic heterocycles. The van der Waals surface area contributed by atoms with E-state index in [0.29, 0.717) is 34.8 Å². The predicted octanol–water partition coefficient (Wildman–Crippen LogP) is 3.91. The number of esters is 1. The zero-order chi connectivity index (χ0) is 19.3. The van der Waals surface area contributed by atoms with E-state index in [-0.39, 0.29) is 18.5 Å². The van der Waals surface area contributed by atoms with Crippen molar-refractivity contribution in [1.82, 2.24) is 0 Å². The number of benzene rings is 3. The SMILES string of the molecule is O=C(OCC1COc2ccccc2O1)c1ccc(C(=O)c2ccccc2)cc1. The lowest BCUT2D eigenvalue weighted by Crippen LogP contribution is -2.34. The van der Waals surface area contributed by atoms with E-state index in [1.54, 1.807) is 36.4 Å². The average molecular weight is 374 g/mol. The summed E-state index contributed by atoms with van der Waals surface area (Å²) in [6.07, 6.45) is -0.363. The van der Waals surface area contributed by atoms with Crippen LogP contribution in [-0.4, -0.2) is 31.1 Å². The molecule has 3 aromatic rings. The molecule has 140 valence electrons. The second-order valence-electron chi connectivity index (χ2n) is 6.37. The van der Waals surface area contributed by atoms with Crippen LogP contribution in [0.15, 0.2) is 78.9 Å². The summed E-state index contributed by atoms with van der Waals surface area (Å²) in [6, 6.07) is 22.8. The molecule has 0 fully saturated rings. The molecule has 0 spiro atoms. The molecule has 0 aromatic heterocycles. The Balaban J connectivity index is 1.35. The fourth-order valence-corrected chi connectivity index (χ4v) is 2.91. The Hall–Kier alpha value is -3.60. The van der Waals surface area contributed by atoms with E-state index < -0.39 is 5.97 Å². The minimum Gasteiger partial charge on any atom is -0.486 e.